The molecule has 5 nitrogen and oxygen atoms in total. The zero-order chi connectivity index (χ0) is 11.7. The molecular formula is C9H19N3O2S. The Morgan fingerprint density at radius 3 is 2.80 bits per heavy atom. The van der Waals surface area contributed by atoms with Gasteiger partial charge in [0.15, 0.2) is 5.84 Å². The summed E-state index contributed by atoms with van der Waals surface area (Å²) in [7, 11) is 0. The highest BCUT2D eigenvalue weighted by Crippen LogP contribution is 1.99. The van der Waals surface area contributed by atoms with Crippen LogP contribution in [0.2, 0.25) is 0 Å². The fourth-order valence-corrected chi connectivity index (χ4v) is 1.45. The Hall–Kier alpha value is -0.910. The normalized spacial score (nSPS) is 13.6. The highest BCUT2D eigenvalue weighted by atomic mass is 32.2. The molecule has 0 heterocycles. The third-order valence-corrected chi connectivity index (χ3v) is 2.72. The lowest BCUT2D eigenvalue weighted by Gasteiger charge is -2.10. The van der Waals surface area contributed by atoms with E-state index in [0.717, 1.165) is 18.6 Å². The number of oxime groups is 1. The highest BCUT2D eigenvalue weighted by Gasteiger charge is 2.16. The SMILES string of the molecule is CSCCCCNC(=O)C(C)C(N)=NO. The van der Waals surface area contributed by atoms with Gasteiger partial charge in [0.2, 0.25) is 5.91 Å². The molecule has 0 aliphatic heterocycles. The largest absolute Gasteiger partial charge is 0.409 e. The molecule has 1 amide bonds. The molecule has 0 fully saturated rings. The molecule has 0 saturated heterocycles. The van der Waals surface area contributed by atoms with Crippen molar-refractivity contribution >= 4 is 23.5 Å². The molecule has 0 aromatic heterocycles. The molecule has 0 spiro atoms. The van der Waals surface area contributed by atoms with E-state index in [1.807, 2.05) is 0 Å². The van der Waals surface area contributed by atoms with Crippen molar-refractivity contribution in [1.29, 1.82) is 0 Å². The summed E-state index contributed by atoms with van der Waals surface area (Å²) < 4.78 is 0. The summed E-state index contributed by atoms with van der Waals surface area (Å²) in [5.41, 5.74) is 5.31. The van der Waals surface area contributed by atoms with Crippen molar-refractivity contribution in [2.45, 2.75) is 19.8 Å². The molecule has 0 bridgehead atoms. The van der Waals surface area contributed by atoms with Crippen LogP contribution in [-0.2, 0) is 4.79 Å². The summed E-state index contributed by atoms with van der Waals surface area (Å²) in [6.07, 6.45) is 4.09. The van der Waals surface area contributed by atoms with Crippen LogP contribution in [0.15, 0.2) is 5.16 Å². The Morgan fingerprint density at radius 2 is 2.27 bits per heavy atom. The van der Waals surface area contributed by atoms with E-state index in [0.29, 0.717) is 6.54 Å². The van der Waals surface area contributed by atoms with Gasteiger partial charge in [0.1, 0.15) is 0 Å². The number of nitrogens with one attached hydrogen (secondary N) is 1. The third kappa shape index (κ3) is 6.22. The Labute approximate surface area is 94.5 Å². The summed E-state index contributed by atoms with van der Waals surface area (Å²) >= 11 is 1.79. The number of carbonyl (C=O) groups excluding carboxylic acids is 1. The van der Waals surface area contributed by atoms with Gasteiger partial charge in [-0.3, -0.25) is 4.79 Å². The monoisotopic (exact) mass is 233 g/mol. The van der Waals surface area contributed by atoms with E-state index in [4.69, 9.17) is 10.9 Å². The average molecular weight is 233 g/mol. The molecule has 0 aliphatic rings. The van der Waals surface area contributed by atoms with Crippen LogP contribution in [0.5, 0.6) is 0 Å². The molecule has 0 saturated carbocycles. The van der Waals surface area contributed by atoms with Crippen molar-refractivity contribution in [1.82, 2.24) is 5.32 Å². The van der Waals surface area contributed by atoms with Crippen molar-refractivity contribution in [2.24, 2.45) is 16.8 Å². The van der Waals surface area contributed by atoms with Crippen molar-refractivity contribution in [3.05, 3.63) is 0 Å². The number of nitrogens with two attached hydrogens (primary N) is 1. The van der Waals surface area contributed by atoms with Crippen LogP contribution >= 0.6 is 11.8 Å². The molecule has 88 valence electrons. The lowest BCUT2D eigenvalue weighted by molar-refractivity contribution is -0.122. The van der Waals surface area contributed by atoms with Crippen molar-refractivity contribution < 1.29 is 10.0 Å². The Balaban J connectivity index is 3.65. The predicted octanol–water partition coefficient (Wildman–Crippen LogP) is 0.628. The smallest absolute Gasteiger partial charge is 0.230 e. The summed E-state index contributed by atoms with van der Waals surface area (Å²) in [6, 6.07) is 0. The molecule has 15 heavy (non-hydrogen) atoms. The first-order valence-electron chi connectivity index (χ1n) is 4.87. The van der Waals surface area contributed by atoms with Crippen LogP contribution in [0.4, 0.5) is 0 Å². The molecule has 0 rings (SSSR count). The highest BCUT2D eigenvalue weighted by molar-refractivity contribution is 7.98. The van der Waals surface area contributed by atoms with Gasteiger partial charge in [-0.25, -0.2) is 0 Å². The van der Waals surface area contributed by atoms with Gasteiger partial charge in [0.05, 0.1) is 5.92 Å². The number of thioether (sulfide) groups is 1. The van der Waals surface area contributed by atoms with Crippen LogP contribution in [-0.4, -0.2) is 35.5 Å². The molecule has 1 atom stereocenters. The quantitative estimate of drug-likeness (QED) is 0.198. The lowest BCUT2D eigenvalue weighted by atomic mass is 10.1. The molecule has 6 heteroatoms. The number of amidine groups is 1. The maximum absolute atomic E-state index is 11.4. The van der Waals surface area contributed by atoms with Crippen LogP contribution in [0.25, 0.3) is 0 Å². The number of nitrogens with zero attached hydrogens (tertiary/aromatic N) is 1. The van der Waals surface area contributed by atoms with Gasteiger partial charge in [-0.1, -0.05) is 5.16 Å². The van der Waals surface area contributed by atoms with Gasteiger partial charge in [-0.15, -0.1) is 0 Å². The summed E-state index contributed by atoms with van der Waals surface area (Å²) in [4.78, 5) is 11.4. The van der Waals surface area contributed by atoms with Crippen molar-refractivity contribution in [3.8, 4) is 0 Å². The zero-order valence-electron chi connectivity index (χ0n) is 9.19. The van der Waals surface area contributed by atoms with Crippen LogP contribution in [0.1, 0.15) is 19.8 Å². The lowest BCUT2D eigenvalue weighted by Crippen LogP contribution is -2.37. The molecule has 0 aromatic rings. The molecule has 4 N–H and O–H groups in total. The van der Waals surface area contributed by atoms with Crippen LogP contribution in [0.3, 0.4) is 0 Å². The molecule has 0 radical (unpaired) electrons. The maximum atomic E-state index is 11.4. The number of hydrogen-bond donors (Lipinski definition) is 3. The minimum atomic E-state index is -0.574. The molecule has 0 aliphatic carbocycles. The van der Waals surface area contributed by atoms with Gasteiger partial charge in [-0.05, 0) is 31.8 Å². The Kier molecular flexibility index (Phi) is 7.89. The number of amides is 1. The first-order chi connectivity index (χ1) is 7.13. The number of hydrogen-bond acceptors (Lipinski definition) is 4. The fourth-order valence-electron chi connectivity index (χ4n) is 0.957. The van der Waals surface area contributed by atoms with Gasteiger partial charge in [0.25, 0.3) is 0 Å². The second-order valence-electron chi connectivity index (χ2n) is 3.24. The van der Waals surface area contributed by atoms with E-state index in [1.54, 1.807) is 18.7 Å². The first-order valence-corrected chi connectivity index (χ1v) is 6.27. The fraction of sp³-hybridized carbons (Fsp3) is 0.778. The van der Waals surface area contributed by atoms with E-state index in [9.17, 15) is 4.79 Å². The van der Waals surface area contributed by atoms with E-state index >= 15 is 0 Å². The zero-order valence-corrected chi connectivity index (χ0v) is 10.0. The van der Waals surface area contributed by atoms with Crippen molar-refractivity contribution in [3.63, 3.8) is 0 Å². The summed E-state index contributed by atoms with van der Waals surface area (Å²) in [5.74, 6) is 0.271. The van der Waals surface area contributed by atoms with Gasteiger partial charge >= 0.3 is 0 Å². The number of unbranched alkanes of at least 4 members (excludes halogenated alkanes) is 1. The Morgan fingerprint density at radius 1 is 1.60 bits per heavy atom. The van der Waals surface area contributed by atoms with Crippen molar-refractivity contribution in [2.75, 3.05) is 18.6 Å². The number of carbonyl (C=O) groups is 1. The molecular weight excluding hydrogens is 214 g/mol. The van der Waals surface area contributed by atoms with Crippen LogP contribution < -0.4 is 11.1 Å². The van der Waals surface area contributed by atoms with E-state index < -0.39 is 5.92 Å². The minimum Gasteiger partial charge on any atom is -0.409 e. The summed E-state index contributed by atoms with van der Waals surface area (Å²) in [5, 5.41) is 13.9. The van der Waals surface area contributed by atoms with Gasteiger partial charge in [-0.2, -0.15) is 11.8 Å². The Bertz CT molecular complexity index is 221. The van der Waals surface area contributed by atoms with Gasteiger partial charge < -0.3 is 16.3 Å². The van der Waals surface area contributed by atoms with E-state index in [2.05, 4.69) is 16.7 Å². The van der Waals surface area contributed by atoms with Crippen LogP contribution in [0, 0.1) is 5.92 Å². The molecule has 1 unspecified atom stereocenters. The second kappa shape index (κ2) is 8.40. The first kappa shape index (κ1) is 14.1. The topological polar surface area (TPSA) is 87.7 Å². The summed E-state index contributed by atoms with van der Waals surface area (Å²) in [6.45, 7) is 2.24. The third-order valence-electron chi connectivity index (χ3n) is 2.03. The van der Waals surface area contributed by atoms with E-state index in [1.165, 1.54) is 0 Å². The number of rotatable bonds is 7. The predicted molar refractivity (Wildman–Crippen MR) is 63.2 cm³/mol. The second-order valence-corrected chi connectivity index (χ2v) is 4.22. The standard InChI is InChI=1S/C9H19N3O2S/c1-7(8(10)12-14)9(13)11-5-3-4-6-15-2/h7,14H,3-6H2,1-2H3,(H2,10,12)(H,11,13). The minimum absolute atomic E-state index is 0.0587. The maximum Gasteiger partial charge on any atom is 0.230 e. The average Bonchev–Trinajstić information content (AvgIpc) is 2.26. The van der Waals surface area contributed by atoms with E-state index in [-0.39, 0.29) is 11.7 Å². The molecule has 0 aromatic carbocycles. The van der Waals surface area contributed by atoms with Gasteiger partial charge in [0, 0.05) is 6.54 Å².